The predicted octanol–water partition coefficient (Wildman–Crippen LogP) is 3.52. The van der Waals surface area contributed by atoms with Crippen molar-refractivity contribution in [3.05, 3.63) is 39.5 Å². The third-order valence-electron chi connectivity index (χ3n) is 1.86. The Balaban J connectivity index is 2.89. The average Bonchev–Trinajstić information content (AvgIpc) is 2.15. The summed E-state index contributed by atoms with van der Waals surface area (Å²) in [7, 11) is 0. The first kappa shape index (κ1) is 9.45. The molecular formula is C10H4BrClN2. The number of nitrogens with zero attached hydrogens (tertiary/aromatic N) is 2. The second-order valence-electron chi connectivity index (χ2n) is 2.77. The second kappa shape index (κ2) is 3.56. The molecule has 2 aromatic rings. The van der Waals surface area contributed by atoms with E-state index in [2.05, 4.69) is 27.0 Å². The van der Waals surface area contributed by atoms with E-state index >= 15 is 0 Å². The molecule has 0 aliphatic carbocycles. The summed E-state index contributed by atoms with van der Waals surface area (Å²) < 4.78 is 0.920. The second-order valence-corrected chi connectivity index (χ2v) is 4.07. The molecule has 1 aromatic carbocycles. The fraction of sp³-hybridized carbons (Fsp3) is 0. The number of aromatic nitrogens is 1. The van der Waals surface area contributed by atoms with Crippen LogP contribution in [-0.2, 0) is 0 Å². The molecule has 0 radical (unpaired) electrons. The van der Waals surface area contributed by atoms with E-state index in [1.807, 2.05) is 18.2 Å². The van der Waals surface area contributed by atoms with Gasteiger partial charge in [-0.1, -0.05) is 33.6 Å². The van der Waals surface area contributed by atoms with Crippen LogP contribution >= 0.6 is 27.5 Å². The smallest absolute Gasteiger partial charge is 0.131 e. The topological polar surface area (TPSA) is 36.7 Å². The Morgan fingerprint density at radius 1 is 1.36 bits per heavy atom. The van der Waals surface area contributed by atoms with Crippen molar-refractivity contribution in [1.82, 2.24) is 4.98 Å². The lowest BCUT2D eigenvalue weighted by Crippen LogP contribution is -1.85. The van der Waals surface area contributed by atoms with Gasteiger partial charge in [-0.05, 0) is 18.2 Å². The highest BCUT2D eigenvalue weighted by molar-refractivity contribution is 9.10. The monoisotopic (exact) mass is 266 g/mol. The van der Waals surface area contributed by atoms with E-state index in [9.17, 15) is 0 Å². The summed E-state index contributed by atoms with van der Waals surface area (Å²) in [6.45, 7) is 0. The van der Waals surface area contributed by atoms with Gasteiger partial charge in [0, 0.05) is 9.86 Å². The van der Waals surface area contributed by atoms with Gasteiger partial charge in [0.2, 0.25) is 0 Å². The van der Waals surface area contributed by atoms with Crippen LogP contribution in [0.25, 0.3) is 10.9 Å². The highest BCUT2D eigenvalue weighted by Crippen LogP contribution is 2.23. The van der Waals surface area contributed by atoms with Crippen LogP contribution in [0.3, 0.4) is 0 Å². The third-order valence-corrected chi connectivity index (χ3v) is 2.55. The Labute approximate surface area is 94.3 Å². The van der Waals surface area contributed by atoms with Crippen molar-refractivity contribution in [3.8, 4) is 6.07 Å². The molecule has 0 bridgehead atoms. The molecule has 0 saturated heterocycles. The van der Waals surface area contributed by atoms with Gasteiger partial charge < -0.3 is 0 Å². The van der Waals surface area contributed by atoms with Crippen LogP contribution in [0.5, 0.6) is 0 Å². The van der Waals surface area contributed by atoms with Gasteiger partial charge in [-0.25, -0.2) is 4.98 Å². The zero-order valence-corrected chi connectivity index (χ0v) is 9.30. The van der Waals surface area contributed by atoms with Gasteiger partial charge in [0.1, 0.15) is 5.15 Å². The number of benzene rings is 1. The highest BCUT2D eigenvalue weighted by atomic mass is 79.9. The van der Waals surface area contributed by atoms with Crippen LogP contribution in [0.15, 0.2) is 28.7 Å². The fourth-order valence-electron chi connectivity index (χ4n) is 1.26. The first-order valence-electron chi connectivity index (χ1n) is 3.86. The van der Waals surface area contributed by atoms with Crippen LogP contribution in [0.2, 0.25) is 5.15 Å². The predicted molar refractivity (Wildman–Crippen MR) is 59.2 cm³/mol. The minimum atomic E-state index is 0.340. The minimum Gasteiger partial charge on any atom is -0.236 e. The zero-order chi connectivity index (χ0) is 10.1. The molecule has 0 atom stereocenters. The van der Waals surface area contributed by atoms with Crippen LogP contribution in [0, 0.1) is 11.3 Å². The molecule has 4 heteroatoms. The Kier molecular flexibility index (Phi) is 2.40. The number of pyridine rings is 1. The number of hydrogen-bond acceptors (Lipinski definition) is 2. The summed E-state index contributed by atoms with van der Waals surface area (Å²) in [4.78, 5) is 4.13. The van der Waals surface area contributed by atoms with E-state index in [0.29, 0.717) is 10.7 Å². The summed E-state index contributed by atoms with van der Waals surface area (Å²) in [6, 6.07) is 9.22. The zero-order valence-electron chi connectivity index (χ0n) is 6.96. The van der Waals surface area contributed by atoms with Crippen molar-refractivity contribution in [1.29, 1.82) is 5.26 Å². The van der Waals surface area contributed by atoms with E-state index in [1.54, 1.807) is 6.07 Å². The summed E-state index contributed by atoms with van der Waals surface area (Å²) in [5.74, 6) is 0. The van der Waals surface area contributed by atoms with E-state index < -0.39 is 0 Å². The van der Waals surface area contributed by atoms with E-state index in [0.717, 1.165) is 15.4 Å². The first-order chi connectivity index (χ1) is 6.70. The molecule has 0 spiro atoms. The molecule has 0 unspecified atom stereocenters. The van der Waals surface area contributed by atoms with Gasteiger partial charge >= 0.3 is 0 Å². The van der Waals surface area contributed by atoms with Crippen molar-refractivity contribution < 1.29 is 0 Å². The van der Waals surface area contributed by atoms with Gasteiger partial charge in [-0.15, -0.1) is 0 Å². The van der Waals surface area contributed by atoms with Crippen LogP contribution in [-0.4, -0.2) is 4.98 Å². The molecule has 0 aliphatic heterocycles. The standard InChI is InChI=1S/C10H4BrClN2/c11-7-1-2-8-6(5-13)3-10(12)14-9(8)4-7/h1-4H. The average molecular weight is 268 g/mol. The van der Waals surface area contributed by atoms with Crippen LogP contribution in [0.4, 0.5) is 0 Å². The van der Waals surface area contributed by atoms with Gasteiger partial charge in [-0.2, -0.15) is 5.26 Å². The van der Waals surface area contributed by atoms with Crippen molar-refractivity contribution in [2.75, 3.05) is 0 Å². The maximum Gasteiger partial charge on any atom is 0.131 e. The SMILES string of the molecule is N#Cc1cc(Cl)nc2cc(Br)ccc12. The molecule has 2 rings (SSSR count). The quantitative estimate of drug-likeness (QED) is 0.685. The summed E-state index contributed by atoms with van der Waals surface area (Å²) >= 11 is 9.11. The molecular weight excluding hydrogens is 263 g/mol. The summed E-state index contributed by atoms with van der Waals surface area (Å²) in [5, 5.41) is 10.0. The van der Waals surface area contributed by atoms with Gasteiger partial charge in [-0.3, -0.25) is 0 Å². The highest BCUT2D eigenvalue weighted by Gasteiger charge is 2.04. The number of nitriles is 1. The van der Waals surface area contributed by atoms with E-state index in [-0.39, 0.29) is 0 Å². The first-order valence-corrected chi connectivity index (χ1v) is 5.04. The molecule has 0 amide bonds. The van der Waals surface area contributed by atoms with Crippen molar-refractivity contribution in [2.45, 2.75) is 0 Å². The Hall–Kier alpha value is -1.11. The lowest BCUT2D eigenvalue weighted by Gasteiger charge is -2.00. The maximum absolute atomic E-state index is 8.88. The lowest BCUT2D eigenvalue weighted by molar-refractivity contribution is 1.38. The van der Waals surface area contributed by atoms with E-state index in [1.165, 1.54) is 0 Å². The molecule has 0 fully saturated rings. The van der Waals surface area contributed by atoms with Crippen molar-refractivity contribution >= 4 is 38.4 Å². The molecule has 0 N–H and O–H groups in total. The van der Waals surface area contributed by atoms with Crippen molar-refractivity contribution in [3.63, 3.8) is 0 Å². The minimum absolute atomic E-state index is 0.340. The molecule has 0 aliphatic rings. The van der Waals surface area contributed by atoms with Crippen LogP contribution < -0.4 is 0 Å². The molecule has 0 saturated carbocycles. The Bertz CT molecular complexity index is 540. The Morgan fingerprint density at radius 2 is 2.14 bits per heavy atom. The number of hydrogen-bond donors (Lipinski definition) is 0. The summed E-state index contributed by atoms with van der Waals surface area (Å²) in [6.07, 6.45) is 0. The Morgan fingerprint density at radius 3 is 2.86 bits per heavy atom. The third kappa shape index (κ3) is 1.59. The van der Waals surface area contributed by atoms with Gasteiger partial charge in [0.15, 0.2) is 0 Å². The van der Waals surface area contributed by atoms with Crippen LogP contribution in [0.1, 0.15) is 5.56 Å². The van der Waals surface area contributed by atoms with Gasteiger partial charge in [0.25, 0.3) is 0 Å². The van der Waals surface area contributed by atoms with Gasteiger partial charge in [0.05, 0.1) is 17.1 Å². The molecule has 1 heterocycles. The lowest BCUT2D eigenvalue weighted by atomic mass is 10.1. The summed E-state index contributed by atoms with van der Waals surface area (Å²) in [5.41, 5.74) is 1.27. The largest absolute Gasteiger partial charge is 0.236 e. The number of fused-ring (bicyclic) bond motifs is 1. The molecule has 2 nitrogen and oxygen atoms in total. The maximum atomic E-state index is 8.88. The van der Waals surface area contributed by atoms with E-state index in [4.69, 9.17) is 16.9 Å². The van der Waals surface area contributed by atoms with Crippen molar-refractivity contribution in [2.24, 2.45) is 0 Å². The molecule has 68 valence electrons. The number of rotatable bonds is 0. The number of halogens is 2. The molecule has 1 aromatic heterocycles. The molecule has 14 heavy (non-hydrogen) atoms. The normalized spacial score (nSPS) is 10.1. The fourth-order valence-corrected chi connectivity index (χ4v) is 1.81.